The van der Waals surface area contributed by atoms with Gasteiger partial charge in [-0.25, -0.2) is 4.98 Å². The Morgan fingerprint density at radius 3 is 2.76 bits per heavy atom. The third kappa shape index (κ3) is 3.70. The van der Waals surface area contributed by atoms with Crippen LogP contribution in [-0.4, -0.2) is 24.6 Å². The second-order valence-electron chi connectivity index (χ2n) is 6.39. The first kappa shape index (κ1) is 17.5. The minimum atomic E-state index is 0.269. The highest BCUT2D eigenvalue weighted by Gasteiger charge is 2.12. The fraction of sp³-hybridized carbons (Fsp3) is 0.250. The molecule has 0 aliphatic carbocycles. The van der Waals surface area contributed by atoms with E-state index in [2.05, 4.69) is 47.7 Å². The summed E-state index contributed by atoms with van der Waals surface area (Å²) in [6, 6.07) is 12.4. The predicted octanol–water partition coefficient (Wildman–Crippen LogP) is 4.47. The molecule has 3 aromatic rings. The summed E-state index contributed by atoms with van der Waals surface area (Å²) in [7, 11) is 1.95. The number of benzene rings is 2. The van der Waals surface area contributed by atoms with E-state index in [1.807, 2.05) is 31.4 Å². The number of likely N-dealkylation sites (N-methyl/N-ethyl adjacent to an activating group) is 1. The Bertz CT molecular complexity index is 887. The fourth-order valence-electron chi connectivity index (χ4n) is 3.16. The van der Waals surface area contributed by atoms with Gasteiger partial charge in [0.25, 0.3) is 0 Å². The van der Waals surface area contributed by atoms with Gasteiger partial charge in [-0.05, 0) is 56.3 Å². The lowest BCUT2D eigenvalue weighted by Gasteiger charge is -2.19. The number of nitrogen functional groups attached to an aromatic ring is 1. The van der Waals surface area contributed by atoms with Crippen LogP contribution in [0.3, 0.4) is 0 Å². The molecule has 2 aromatic carbocycles. The molecule has 1 aromatic heterocycles. The highest BCUT2D eigenvalue weighted by molar-refractivity contribution is 6.33. The molecular weight excluding hydrogens is 332 g/mol. The largest absolute Gasteiger partial charge is 0.384 e. The third-order valence-corrected chi connectivity index (χ3v) is 4.59. The highest BCUT2D eigenvalue weighted by atomic mass is 35.5. The van der Waals surface area contributed by atoms with Crippen molar-refractivity contribution in [1.82, 2.24) is 10.3 Å². The number of anilines is 2. The number of nitrogens with one attached hydrogen (secondary N) is 2. The van der Waals surface area contributed by atoms with Gasteiger partial charge in [0.2, 0.25) is 0 Å². The molecule has 130 valence electrons. The number of hydrogen-bond acceptors (Lipinski definition) is 4. The van der Waals surface area contributed by atoms with Crippen molar-refractivity contribution in [1.29, 1.82) is 0 Å². The van der Waals surface area contributed by atoms with Crippen molar-refractivity contribution in [2.24, 2.45) is 0 Å². The van der Waals surface area contributed by atoms with Crippen LogP contribution in [0.15, 0.2) is 42.6 Å². The summed E-state index contributed by atoms with van der Waals surface area (Å²) in [6.45, 7) is 5.07. The minimum absolute atomic E-state index is 0.269. The van der Waals surface area contributed by atoms with Crippen LogP contribution in [0, 0.1) is 6.92 Å². The molecular formula is C20H23ClN4. The van der Waals surface area contributed by atoms with Crippen molar-refractivity contribution in [3.8, 4) is 11.1 Å². The molecule has 3 rings (SSSR count). The molecule has 0 saturated carbocycles. The SMILES string of the molecule is CNCC(C)Nc1cc(-c2c(C)cccc2Cl)cc2cnc(N)cc12. The first-order valence-electron chi connectivity index (χ1n) is 8.35. The van der Waals surface area contributed by atoms with Gasteiger partial charge in [0.05, 0.1) is 0 Å². The monoisotopic (exact) mass is 354 g/mol. The number of rotatable bonds is 5. The molecule has 0 bridgehead atoms. The summed E-state index contributed by atoms with van der Waals surface area (Å²) in [5, 5.41) is 9.60. The molecule has 0 fully saturated rings. The summed E-state index contributed by atoms with van der Waals surface area (Å²) < 4.78 is 0. The van der Waals surface area contributed by atoms with E-state index in [1.165, 1.54) is 0 Å². The normalized spacial score (nSPS) is 12.3. The number of aromatic nitrogens is 1. The van der Waals surface area contributed by atoms with Crippen molar-refractivity contribution in [3.63, 3.8) is 0 Å². The van der Waals surface area contributed by atoms with Crippen LogP contribution in [0.1, 0.15) is 12.5 Å². The second-order valence-corrected chi connectivity index (χ2v) is 6.80. The molecule has 1 atom stereocenters. The maximum Gasteiger partial charge on any atom is 0.123 e. The number of halogens is 1. The zero-order valence-electron chi connectivity index (χ0n) is 14.7. The lowest BCUT2D eigenvalue weighted by molar-refractivity contribution is 0.701. The summed E-state index contributed by atoms with van der Waals surface area (Å²) in [6.07, 6.45) is 1.81. The molecule has 0 aliphatic heterocycles. The Hall–Kier alpha value is -2.30. The Kier molecular flexibility index (Phi) is 5.11. The van der Waals surface area contributed by atoms with E-state index < -0.39 is 0 Å². The molecule has 0 saturated heterocycles. The Labute approximate surface area is 153 Å². The lowest BCUT2D eigenvalue weighted by atomic mass is 9.97. The average Bonchev–Trinajstić information content (AvgIpc) is 2.55. The van der Waals surface area contributed by atoms with Gasteiger partial charge >= 0.3 is 0 Å². The topological polar surface area (TPSA) is 63.0 Å². The van der Waals surface area contributed by atoms with Crippen LogP contribution in [0.4, 0.5) is 11.5 Å². The summed E-state index contributed by atoms with van der Waals surface area (Å²) in [5.74, 6) is 0.512. The van der Waals surface area contributed by atoms with Crippen molar-refractivity contribution in [2.75, 3.05) is 24.6 Å². The number of aryl methyl sites for hydroxylation is 1. The second kappa shape index (κ2) is 7.30. The highest BCUT2D eigenvalue weighted by Crippen LogP contribution is 2.36. The number of fused-ring (bicyclic) bond motifs is 1. The van der Waals surface area contributed by atoms with E-state index in [0.717, 1.165) is 44.7 Å². The number of nitrogens with two attached hydrogens (primary N) is 1. The van der Waals surface area contributed by atoms with E-state index in [-0.39, 0.29) is 6.04 Å². The van der Waals surface area contributed by atoms with Gasteiger partial charge in [0, 0.05) is 45.8 Å². The average molecular weight is 355 g/mol. The summed E-state index contributed by atoms with van der Waals surface area (Å²) in [5.41, 5.74) is 10.2. The summed E-state index contributed by atoms with van der Waals surface area (Å²) in [4.78, 5) is 4.25. The zero-order chi connectivity index (χ0) is 18.0. The maximum atomic E-state index is 6.48. The molecule has 5 heteroatoms. The maximum absolute atomic E-state index is 6.48. The van der Waals surface area contributed by atoms with Crippen molar-refractivity contribution < 1.29 is 0 Å². The molecule has 4 N–H and O–H groups in total. The van der Waals surface area contributed by atoms with Gasteiger partial charge in [0.15, 0.2) is 0 Å². The summed E-state index contributed by atoms with van der Waals surface area (Å²) >= 11 is 6.48. The third-order valence-electron chi connectivity index (χ3n) is 4.28. The van der Waals surface area contributed by atoms with E-state index in [9.17, 15) is 0 Å². The predicted molar refractivity (Wildman–Crippen MR) is 108 cm³/mol. The van der Waals surface area contributed by atoms with E-state index in [0.29, 0.717) is 5.82 Å². The van der Waals surface area contributed by atoms with Crippen LogP contribution in [0.2, 0.25) is 5.02 Å². The zero-order valence-corrected chi connectivity index (χ0v) is 15.5. The quantitative estimate of drug-likeness (QED) is 0.632. The van der Waals surface area contributed by atoms with Crippen molar-refractivity contribution in [3.05, 3.63) is 53.2 Å². The number of pyridine rings is 1. The van der Waals surface area contributed by atoms with E-state index in [4.69, 9.17) is 17.3 Å². The Morgan fingerprint density at radius 2 is 2.04 bits per heavy atom. The van der Waals surface area contributed by atoms with Gasteiger partial charge in [-0.1, -0.05) is 23.7 Å². The Morgan fingerprint density at radius 1 is 1.24 bits per heavy atom. The molecule has 25 heavy (non-hydrogen) atoms. The standard InChI is InChI=1S/C20H23ClN4/c1-12-5-4-6-17(21)20(12)14-7-15-11-24-19(22)9-16(15)18(8-14)25-13(2)10-23-3/h4-9,11,13,23,25H,10H2,1-3H3,(H2,22,24). The van der Waals surface area contributed by atoms with Crippen LogP contribution >= 0.6 is 11.6 Å². The van der Waals surface area contributed by atoms with Crippen LogP contribution in [0.5, 0.6) is 0 Å². The molecule has 4 nitrogen and oxygen atoms in total. The first-order chi connectivity index (χ1) is 12.0. The minimum Gasteiger partial charge on any atom is -0.384 e. The fourth-order valence-corrected chi connectivity index (χ4v) is 3.49. The molecule has 1 unspecified atom stereocenters. The number of hydrogen-bond donors (Lipinski definition) is 3. The van der Waals surface area contributed by atoms with Gasteiger partial charge < -0.3 is 16.4 Å². The first-order valence-corrected chi connectivity index (χ1v) is 8.73. The molecule has 0 radical (unpaired) electrons. The number of nitrogens with zero attached hydrogens (tertiary/aromatic N) is 1. The van der Waals surface area contributed by atoms with Crippen LogP contribution in [0.25, 0.3) is 21.9 Å². The Balaban J connectivity index is 2.20. The molecule has 0 amide bonds. The van der Waals surface area contributed by atoms with Crippen LogP contribution < -0.4 is 16.4 Å². The van der Waals surface area contributed by atoms with Crippen molar-refractivity contribution in [2.45, 2.75) is 19.9 Å². The smallest absolute Gasteiger partial charge is 0.123 e. The molecule has 1 heterocycles. The van der Waals surface area contributed by atoms with Gasteiger partial charge in [-0.15, -0.1) is 0 Å². The van der Waals surface area contributed by atoms with Crippen LogP contribution in [-0.2, 0) is 0 Å². The van der Waals surface area contributed by atoms with E-state index >= 15 is 0 Å². The lowest BCUT2D eigenvalue weighted by Crippen LogP contribution is -2.28. The van der Waals surface area contributed by atoms with Gasteiger partial charge in [0.1, 0.15) is 5.82 Å². The van der Waals surface area contributed by atoms with Gasteiger partial charge in [-0.3, -0.25) is 0 Å². The molecule has 0 aliphatic rings. The van der Waals surface area contributed by atoms with Crippen molar-refractivity contribution >= 4 is 33.9 Å². The molecule has 0 spiro atoms. The van der Waals surface area contributed by atoms with Gasteiger partial charge in [-0.2, -0.15) is 0 Å². The van der Waals surface area contributed by atoms with E-state index in [1.54, 1.807) is 0 Å².